The molecule has 1 fully saturated rings. The summed E-state index contributed by atoms with van der Waals surface area (Å²) in [7, 11) is 0. The van der Waals surface area contributed by atoms with E-state index in [0.29, 0.717) is 49.7 Å². The SMILES string of the molecule is O=C(NCCc1ccccc1)C1CCN(C(=O)c2cc3ccccc3n2Cc2ccc(Cl)cc2)CC1. The van der Waals surface area contributed by atoms with Gasteiger partial charge in [-0.1, -0.05) is 72.3 Å². The average molecular weight is 500 g/mol. The molecular formula is C30H30ClN3O2. The molecule has 0 bridgehead atoms. The number of likely N-dealkylation sites (tertiary alicyclic amines) is 1. The van der Waals surface area contributed by atoms with Crippen molar-refractivity contribution in [2.45, 2.75) is 25.8 Å². The Morgan fingerprint density at radius 2 is 1.56 bits per heavy atom. The monoisotopic (exact) mass is 499 g/mol. The van der Waals surface area contributed by atoms with Crippen molar-refractivity contribution in [3.05, 3.63) is 107 Å². The minimum Gasteiger partial charge on any atom is -0.356 e. The van der Waals surface area contributed by atoms with Crippen molar-refractivity contribution in [3.63, 3.8) is 0 Å². The maximum Gasteiger partial charge on any atom is 0.270 e. The van der Waals surface area contributed by atoms with Crippen LogP contribution in [0.15, 0.2) is 84.9 Å². The summed E-state index contributed by atoms with van der Waals surface area (Å²) in [6, 6.07) is 28.0. The van der Waals surface area contributed by atoms with Gasteiger partial charge in [-0.3, -0.25) is 9.59 Å². The number of amides is 2. The molecule has 1 aromatic heterocycles. The number of carbonyl (C=O) groups is 2. The summed E-state index contributed by atoms with van der Waals surface area (Å²) in [5.74, 6) is 0.0581. The Kier molecular flexibility index (Phi) is 7.38. The predicted molar refractivity (Wildman–Crippen MR) is 144 cm³/mol. The number of fused-ring (bicyclic) bond motifs is 1. The highest BCUT2D eigenvalue weighted by Gasteiger charge is 2.29. The number of aromatic nitrogens is 1. The van der Waals surface area contributed by atoms with Crippen molar-refractivity contribution in [2.24, 2.45) is 5.92 Å². The predicted octanol–water partition coefficient (Wildman–Crippen LogP) is 5.55. The van der Waals surface area contributed by atoms with Crippen LogP contribution in [0.25, 0.3) is 10.9 Å². The van der Waals surface area contributed by atoms with E-state index in [4.69, 9.17) is 11.6 Å². The summed E-state index contributed by atoms with van der Waals surface area (Å²) in [5.41, 5.74) is 4.01. The highest BCUT2D eigenvalue weighted by Crippen LogP contribution is 2.25. The lowest BCUT2D eigenvalue weighted by Gasteiger charge is -2.31. The van der Waals surface area contributed by atoms with E-state index in [1.807, 2.05) is 77.7 Å². The van der Waals surface area contributed by atoms with E-state index in [1.165, 1.54) is 5.56 Å². The topological polar surface area (TPSA) is 54.3 Å². The Bertz CT molecular complexity index is 1340. The number of nitrogens with zero attached hydrogens (tertiary/aromatic N) is 2. The molecule has 5 rings (SSSR count). The van der Waals surface area contributed by atoms with Gasteiger partial charge in [0.25, 0.3) is 5.91 Å². The number of benzene rings is 3. The van der Waals surface area contributed by atoms with Crippen LogP contribution in [-0.4, -0.2) is 40.9 Å². The van der Waals surface area contributed by atoms with Crippen LogP contribution in [-0.2, 0) is 17.8 Å². The lowest BCUT2D eigenvalue weighted by Crippen LogP contribution is -2.43. The number of piperidine rings is 1. The minimum absolute atomic E-state index is 0.0168. The fourth-order valence-corrected chi connectivity index (χ4v) is 5.08. The highest BCUT2D eigenvalue weighted by molar-refractivity contribution is 6.30. The summed E-state index contributed by atoms with van der Waals surface area (Å²) in [6.45, 7) is 2.38. The standard InChI is InChI=1S/C30H30ClN3O2/c31-26-12-10-23(11-13-26)21-34-27-9-5-4-8-25(27)20-28(34)30(36)33-18-15-24(16-19-33)29(35)32-17-14-22-6-2-1-3-7-22/h1-13,20,24H,14-19,21H2,(H,32,35). The van der Waals surface area contributed by atoms with Gasteiger partial charge in [-0.05, 0) is 54.7 Å². The molecule has 2 heterocycles. The van der Waals surface area contributed by atoms with Crippen LogP contribution < -0.4 is 5.32 Å². The number of hydrogen-bond donors (Lipinski definition) is 1. The van der Waals surface area contributed by atoms with Crippen molar-refractivity contribution >= 4 is 34.3 Å². The fourth-order valence-electron chi connectivity index (χ4n) is 4.96. The highest BCUT2D eigenvalue weighted by atomic mass is 35.5. The van der Waals surface area contributed by atoms with E-state index in [0.717, 1.165) is 22.9 Å². The summed E-state index contributed by atoms with van der Waals surface area (Å²) in [4.78, 5) is 28.2. The number of carbonyl (C=O) groups excluding carboxylic acids is 2. The van der Waals surface area contributed by atoms with Gasteiger partial charge in [0.05, 0.1) is 0 Å². The van der Waals surface area contributed by atoms with Crippen LogP contribution in [0.1, 0.15) is 34.5 Å². The zero-order valence-corrected chi connectivity index (χ0v) is 21.0. The lowest BCUT2D eigenvalue weighted by molar-refractivity contribution is -0.126. The van der Waals surface area contributed by atoms with E-state index in [9.17, 15) is 9.59 Å². The molecule has 1 saturated heterocycles. The molecule has 6 heteroatoms. The Morgan fingerprint density at radius 1 is 0.861 bits per heavy atom. The molecule has 1 aliphatic rings. The summed E-state index contributed by atoms with van der Waals surface area (Å²) in [6.07, 6.45) is 2.18. The zero-order chi connectivity index (χ0) is 24.9. The Morgan fingerprint density at radius 3 is 2.31 bits per heavy atom. The summed E-state index contributed by atoms with van der Waals surface area (Å²) >= 11 is 6.07. The van der Waals surface area contributed by atoms with Gasteiger partial charge in [0.15, 0.2) is 0 Å². The molecule has 0 aliphatic carbocycles. The molecule has 184 valence electrons. The second-order valence-electron chi connectivity index (χ2n) is 9.39. The second kappa shape index (κ2) is 11.0. The molecule has 3 aromatic carbocycles. The number of hydrogen-bond acceptors (Lipinski definition) is 2. The van der Waals surface area contributed by atoms with E-state index in [-0.39, 0.29) is 17.7 Å². The normalized spacial score (nSPS) is 14.2. The lowest BCUT2D eigenvalue weighted by atomic mass is 9.95. The van der Waals surface area contributed by atoms with Gasteiger partial charge in [-0.25, -0.2) is 0 Å². The van der Waals surface area contributed by atoms with Gasteiger partial charge in [-0.2, -0.15) is 0 Å². The number of para-hydroxylation sites is 1. The van der Waals surface area contributed by atoms with Crippen LogP contribution in [0.3, 0.4) is 0 Å². The first-order valence-corrected chi connectivity index (χ1v) is 12.9. The number of halogens is 1. The molecule has 0 saturated carbocycles. The largest absolute Gasteiger partial charge is 0.356 e. The molecular weight excluding hydrogens is 470 g/mol. The van der Waals surface area contributed by atoms with Crippen LogP contribution in [0.5, 0.6) is 0 Å². The minimum atomic E-state index is -0.0512. The number of rotatable bonds is 7. The molecule has 4 aromatic rings. The third-order valence-corrected chi connectivity index (χ3v) is 7.24. The first kappa shape index (κ1) is 24.1. The van der Waals surface area contributed by atoms with Gasteiger partial charge in [0.2, 0.25) is 5.91 Å². The van der Waals surface area contributed by atoms with Gasteiger partial charge in [0, 0.05) is 48.0 Å². The van der Waals surface area contributed by atoms with Crippen molar-refractivity contribution in [1.82, 2.24) is 14.8 Å². The molecule has 0 atom stereocenters. The third kappa shape index (κ3) is 5.47. The van der Waals surface area contributed by atoms with Crippen LogP contribution in [0.4, 0.5) is 0 Å². The van der Waals surface area contributed by atoms with Crippen molar-refractivity contribution < 1.29 is 9.59 Å². The maximum absolute atomic E-state index is 13.6. The summed E-state index contributed by atoms with van der Waals surface area (Å²) < 4.78 is 2.09. The van der Waals surface area contributed by atoms with Crippen LogP contribution in [0, 0.1) is 5.92 Å². The van der Waals surface area contributed by atoms with Gasteiger partial charge < -0.3 is 14.8 Å². The number of nitrogens with one attached hydrogen (secondary N) is 1. The van der Waals surface area contributed by atoms with E-state index in [2.05, 4.69) is 22.0 Å². The van der Waals surface area contributed by atoms with Crippen molar-refractivity contribution in [3.8, 4) is 0 Å². The molecule has 36 heavy (non-hydrogen) atoms. The van der Waals surface area contributed by atoms with Gasteiger partial charge in [0.1, 0.15) is 5.69 Å². The molecule has 0 radical (unpaired) electrons. The molecule has 1 N–H and O–H groups in total. The Balaban J connectivity index is 1.23. The smallest absolute Gasteiger partial charge is 0.270 e. The quantitative estimate of drug-likeness (QED) is 0.362. The van der Waals surface area contributed by atoms with E-state index < -0.39 is 0 Å². The first-order chi connectivity index (χ1) is 17.6. The van der Waals surface area contributed by atoms with Gasteiger partial charge in [-0.15, -0.1) is 0 Å². The maximum atomic E-state index is 13.6. The van der Waals surface area contributed by atoms with Crippen molar-refractivity contribution in [2.75, 3.05) is 19.6 Å². The van der Waals surface area contributed by atoms with Crippen LogP contribution >= 0.6 is 11.6 Å². The average Bonchev–Trinajstić information content (AvgIpc) is 3.28. The first-order valence-electron chi connectivity index (χ1n) is 12.5. The molecule has 1 aliphatic heterocycles. The molecule has 2 amide bonds. The Labute approximate surface area is 216 Å². The zero-order valence-electron chi connectivity index (χ0n) is 20.2. The Hall–Kier alpha value is -3.57. The molecule has 5 nitrogen and oxygen atoms in total. The van der Waals surface area contributed by atoms with Crippen LogP contribution in [0.2, 0.25) is 5.02 Å². The summed E-state index contributed by atoms with van der Waals surface area (Å²) in [5, 5.41) is 4.82. The second-order valence-corrected chi connectivity index (χ2v) is 9.83. The third-order valence-electron chi connectivity index (χ3n) is 6.99. The van der Waals surface area contributed by atoms with Crippen molar-refractivity contribution in [1.29, 1.82) is 0 Å². The van der Waals surface area contributed by atoms with Gasteiger partial charge >= 0.3 is 0 Å². The fraction of sp³-hybridized carbons (Fsp3) is 0.267. The molecule has 0 unspecified atom stereocenters. The van der Waals surface area contributed by atoms with E-state index >= 15 is 0 Å². The van der Waals surface area contributed by atoms with E-state index in [1.54, 1.807) is 0 Å². The molecule has 0 spiro atoms.